The average molecular weight is 270 g/mol. The monoisotopic (exact) mass is 269 g/mol. The largest absolute Gasteiger partial charge is 0.507 e. The molecule has 1 amide bonds. The maximum Gasteiger partial charge on any atom is 0.257 e. The Hall–Kier alpha value is -1.26. The molecule has 1 aromatic carbocycles. The molecule has 1 fully saturated rings. The molecule has 0 heterocycles. The highest BCUT2D eigenvalue weighted by atomic mass is 35.5. The Labute approximate surface area is 111 Å². The van der Waals surface area contributed by atoms with Gasteiger partial charge in [-0.2, -0.15) is 0 Å². The normalized spacial score (nSPS) is 15.2. The lowest BCUT2D eigenvalue weighted by molar-refractivity contribution is 0.0523. The first-order valence-corrected chi connectivity index (χ1v) is 6.41. The second-order valence-electron chi connectivity index (χ2n) is 4.47. The highest BCUT2D eigenvalue weighted by molar-refractivity contribution is 6.30. The van der Waals surface area contributed by atoms with Crippen LogP contribution >= 0.6 is 11.6 Å². The minimum absolute atomic E-state index is 0.0728. The van der Waals surface area contributed by atoms with Gasteiger partial charge in [0.15, 0.2) is 0 Å². The number of phenols is 1. The molecule has 2 N–H and O–H groups in total. The number of hydrogen-bond acceptors (Lipinski definition) is 3. The Morgan fingerprint density at radius 2 is 2.17 bits per heavy atom. The number of nitrogens with zero attached hydrogens (tertiary/aromatic N) is 1. The average Bonchev–Trinajstić information content (AvgIpc) is 2.25. The summed E-state index contributed by atoms with van der Waals surface area (Å²) in [5, 5.41) is 19.2. The van der Waals surface area contributed by atoms with Crippen molar-refractivity contribution in [3.05, 3.63) is 28.8 Å². The predicted molar refractivity (Wildman–Crippen MR) is 68.9 cm³/mol. The van der Waals surface area contributed by atoms with E-state index in [2.05, 4.69) is 0 Å². The molecule has 1 aliphatic rings. The van der Waals surface area contributed by atoms with E-state index in [1.807, 2.05) is 0 Å². The van der Waals surface area contributed by atoms with Crippen LogP contribution in [0.25, 0.3) is 0 Å². The summed E-state index contributed by atoms with van der Waals surface area (Å²) in [4.78, 5) is 13.9. The van der Waals surface area contributed by atoms with Gasteiger partial charge in [-0.1, -0.05) is 11.6 Å². The second-order valence-corrected chi connectivity index (χ2v) is 4.90. The number of amides is 1. The van der Waals surface area contributed by atoms with Crippen molar-refractivity contribution < 1.29 is 15.0 Å². The number of hydrogen-bond donors (Lipinski definition) is 2. The van der Waals surface area contributed by atoms with Crippen molar-refractivity contribution in [1.29, 1.82) is 0 Å². The lowest BCUT2D eigenvalue weighted by Crippen LogP contribution is -2.45. The quantitative estimate of drug-likeness (QED) is 0.879. The summed E-state index contributed by atoms with van der Waals surface area (Å²) < 4.78 is 0. The zero-order valence-electron chi connectivity index (χ0n) is 9.97. The fourth-order valence-electron chi connectivity index (χ4n) is 2.10. The van der Waals surface area contributed by atoms with Crippen LogP contribution < -0.4 is 0 Å². The number of carbonyl (C=O) groups is 1. The molecule has 2 rings (SSSR count). The molecule has 0 aliphatic heterocycles. The molecule has 1 aliphatic carbocycles. The van der Waals surface area contributed by atoms with Crippen LogP contribution in [-0.2, 0) is 0 Å². The fourth-order valence-corrected chi connectivity index (χ4v) is 2.26. The number of phenolic OH excluding ortho intramolecular Hbond substituents is 1. The molecule has 98 valence electrons. The molecule has 0 atom stereocenters. The van der Waals surface area contributed by atoms with E-state index in [4.69, 9.17) is 16.7 Å². The van der Waals surface area contributed by atoms with E-state index in [9.17, 15) is 9.90 Å². The molecule has 0 aromatic heterocycles. The fraction of sp³-hybridized carbons (Fsp3) is 0.462. The zero-order chi connectivity index (χ0) is 13.1. The number of halogens is 1. The molecule has 4 nitrogen and oxygen atoms in total. The third kappa shape index (κ3) is 2.60. The number of aliphatic hydroxyl groups excluding tert-OH is 1. The van der Waals surface area contributed by atoms with Crippen molar-refractivity contribution in [2.24, 2.45) is 0 Å². The molecule has 1 aromatic rings. The summed E-state index contributed by atoms with van der Waals surface area (Å²) in [6.07, 6.45) is 3.02. The van der Waals surface area contributed by atoms with Gasteiger partial charge in [0, 0.05) is 17.6 Å². The van der Waals surface area contributed by atoms with Gasteiger partial charge in [0.25, 0.3) is 5.91 Å². The topological polar surface area (TPSA) is 60.8 Å². The molecule has 0 unspecified atom stereocenters. The zero-order valence-corrected chi connectivity index (χ0v) is 10.7. The maximum absolute atomic E-state index is 12.3. The summed E-state index contributed by atoms with van der Waals surface area (Å²) in [7, 11) is 0. The first-order chi connectivity index (χ1) is 8.63. The van der Waals surface area contributed by atoms with Crippen LogP contribution in [0.2, 0.25) is 5.02 Å². The van der Waals surface area contributed by atoms with Gasteiger partial charge in [-0.25, -0.2) is 0 Å². The SMILES string of the molecule is O=C(c1ccc(Cl)cc1O)N(CCO)C1CCC1. The Balaban J connectivity index is 2.21. The first kappa shape index (κ1) is 13.2. The number of benzene rings is 1. The predicted octanol–water partition coefficient (Wildman–Crippen LogP) is 2.03. The maximum atomic E-state index is 12.3. The van der Waals surface area contributed by atoms with Crippen molar-refractivity contribution >= 4 is 17.5 Å². The van der Waals surface area contributed by atoms with E-state index in [1.54, 1.807) is 11.0 Å². The Bertz CT molecular complexity index is 446. The summed E-state index contributed by atoms with van der Waals surface area (Å²) in [6.45, 7) is 0.224. The number of carbonyl (C=O) groups excluding carboxylic acids is 1. The highest BCUT2D eigenvalue weighted by Crippen LogP contribution is 2.29. The Morgan fingerprint density at radius 3 is 2.67 bits per heavy atom. The van der Waals surface area contributed by atoms with E-state index in [1.165, 1.54) is 12.1 Å². The smallest absolute Gasteiger partial charge is 0.257 e. The summed E-state index contributed by atoms with van der Waals surface area (Å²) in [6, 6.07) is 4.63. The summed E-state index contributed by atoms with van der Waals surface area (Å²) in [5.74, 6) is -0.363. The molecule has 0 spiro atoms. The van der Waals surface area contributed by atoms with Gasteiger partial charge < -0.3 is 15.1 Å². The molecular weight excluding hydrogens is 254 g/mol. The molecule has 0 radical (unpaired) electrons. The van der Waals surface area contributed by atoms with Crippen molar-refractivity contribution in [3.8, 4) is 5.75 Å². The van der Waals surface area contributed by atoms with Gasteiger partial charge in [-0.15, -0.1) is 0 Å². The second kappa shape index (κ2) is 5.59. The van der Waals surface area contributed by atoms with Gasteiger partial charge in [-0.3, -0.25) is 4.79 Å². The highest BCUT2D eigenvalue weighted by Gasteiger charge is 2.30. The van der Waals surface area contributed by atoms with Crippen molar-refractivity contribution in [1.82, 2.24) is 4.90 Å². The van der Waals surface area contributed by atoms with Crippen molar-refractivity contribution in [2.45, 2.75) is 25.3 Å². The lowest BCUT2D eigenvalue weighted by Gasteiger charge is -2.37. The molecule has 18 heavy (non-hydrogen) atoms. The van der Waals surface area contributed by atoms with Gasteiger partial charge in [0.05, 0.1) is 12.2 Å². The van der Waals surface area contributed by atoms with Gasteiger partial charge >= 0.3 is 0 Å². The van der Waals surface area contributed by atoms with E-state index in [-0.39, 0.29) is 29.9 Å². The van der Waals surface area contributed by atoms with E-state index in [0.29, 0.717) is 11.6 Å². The van der Waals surface area contributed by atoms with Crippen LogP contribution in [0.1, 0.15) is 29.6 Å². The molecule has 5 heteroatoms. The number of rotatable bonds is 4. The third-order valence-electron chi connectivity index (χ3n) is 3.31. The minimum Gasteiger partial charge on any atom is -0.507 e. The molecule has 1 saturated carbocycles. The lowest BCUT2D eigenvalue weighted by atomic mass is 9.91. The van der Waals surface area contributed by atoms with Crippen LogP contribution in [-0.4, -0.2) is 40.2 Å². The molecule has 0 bridgehead atoms. The van der Waals surface area contributed by atoms with Gasteiger partial charge in [-0.05, 0) is 37.5 Å². The minimum atomic E-state index is -0.247. The molecule has 0 saturated heterocycles. The Kier molecular flexibility index (Phi) is 4.09. The van der Waals surface area contributed by atoms with Crippen LogP contribution in [0.4, 0.5) is 0 Å². The third-order valence-corrected chi connectivity index (χ3v) is 3.54. The van der Waals surface area contributed by atoms with E-state index < -0.39 is 0 Å². The Morgan fingerprint density at radius 1 is 1.44 bits per heavy atom. The van der Waals surface area contributed by atoms with Gasteiger partial charge in [0.2, 0.25) is 0 Å². The van der Waals surface area contributed by atoms with Crippen LogP contribution in [0.15, 0.2) is 18.2 Å². The van der Waals surface area contributed by atoms with Crippen LogP contribution in [0.5, 0.6) is 5.75 Å². The van der Waals surface area contributed by atoms with Crippen LogP contribution in [0.3, 0.4) is 0 Å². The van der Waals surface area contributed by atoms with Crippen molar-refractivity contribution in [2.75, 3.05) is 13.2 Å². The standard InChI is InChI=1S/C13H16ClNO3/c14-9-4-5-11(12(17)8-9)13(18)15(6-7-16)10-2-1-3-10/h4-5,8,10,16-17H,1-3,6-7H2. The summed E-state index contributed by atoms with van der Waals surface area (Å²) >= 11 is 5.74. The number of aliphatic hydroxyl groups is 1. The van der Waals surface area contributed by atoms with E-state index >= 15 is 0 Å². The number of aromatic hydroxyl groups is 1. The first-order valence-electron chi connectivity index (χ1n) is 6.04. The summed E-state index contributed by atoms with van der Waals surface area (Å²) in [5.41, 5.74) is 0.236. The van der Waals surface area contributed by atoms with Crippen molar-refractivity contribution in [3.63, 3.8) is 0 Å². The van der Waals surface area contributed by atoms with Gasteiger partial charge in [0.1, 0.15) is 5.75 Å². The van der Waals surface area contributed by atoms with E-state index in [0.717, 1.165) is 19.3 Å². The van der Waals surface area contributed by atoms with Crippen LogP contribution in [0, 0.1) is 0 Å². The molecular formula is C13H16ClNO3.